The minimum absolute atomic E-state index is 0.00417. The van der Waals surface area contributed by atoms with Crippen LogP contribution < -0.4 is 0 Å². The molecule has 14 heteroatoms. The van der Waals surface area contributed by atoms with Gasteiger partial charge in [-0.15, -0.1) is 0 Å². The summed E-state index contributed by atoms with van der Waals surface area (Å²) in [5.41, 5.74) is -2.73. The molecule has 3 saturated heterocycles. The highest BCUT2D eigenvalue weighted by molar-refractivity contribution is 5.33. The van der Waals surface area contributed by atoms with Crippen LogP contribution in [0.25, 0.3) is 0 Å². The van der Waals surface area contributed by atoms with Gasteiger partial charge in [-0.2, -0.15) is 0 Å². The van der Waals surface area contributed by atoms with Crippen LogP contribution in [-0.4, -0.2) is 150 Å². The van der Waals surface area contributed by atoms with Crippen LogP contribution in [0.5, 0.6) is 0 Å². The van der Waals surface area contributed by atoms with Crippen molar-refractivity contribution in [1.29, 1.82) is 0 Å². The van der Waals surface area contributed by atoms with Crippen LogP contribution in [0.1, 0.15) is 106 Å². The van der Waals surface area contributed by atoms with Gasteiger partial charge in [0.15, 0.2) is 12.6 Å². The predicted molar refractivity (Wildman–Crippen MR) is 194 cm³/mol. The molecular weight excluding hydrogens is 716 g/mol. The Bertz CT molecular complexity index is 1460. The van der Waals surface area contributed by atoms with Gasteiger partial charge in [0.1, 0.15) is 42.7 Å². The second kappa shape index (κ2) is 13.2. The first-order chi connectivity index (χ1) is 25.5. The summed E-state index contributed by atoms with van der Waals surface area (Å²) in [4.78, 5) is 0. The van der Waals surface area contributed by atoms with Crippen LogP contribution in [0, 0.1) is 44.8 Å². The summed E-state index contributed by atoms with van der Waals surface area (Å²) < 4.78 is 30.9. The maximum atomic E-state index is 12.4. The Balaban J connectivity index is 1.04. The molecule has 316 valence electrons. The lowest BCUT2D eigenvalue weighted by Gasteiger charge is -2.65. The normalized spacial score (nSPS) is 58.7. The van der Waals surface area contributed by atoms with Gasteiger partial charge in [-0.1, -0.05) is 27.7 Å². The van der Waals surface area contributed by atoms with E-state index in [1.165, 1.54) is 0 Å². The standard InChI is InChI=1S/C41H68O14/c1-35(2)24(53-34-30(28(48)27(47)22(16-42)52-34)54-33-29(49)26(46)21(45)17-51-33)9-11-41-18-40(41)13-12-37(5)32(39(7)10-8-25(55-39)36(3,4)50)20(44)15-38(37,6)23(40)14-19(43)31(35)41/h19-34,42-50H,8-18H2,1-7H3. The van der Waals surface area contributed by atoms with Crippen molar-refractivity contribution in [3.8, 4) is 0 Å². The summed E-state index contributed by atoms with van der Waals surface area (Å²) in [6.45, 7) is 13.7. The second-order valence-corrected chi connectivity index (χ2v) is 21.1. The molecule has 21 unspecified atom stereocenters. The zero-order valence-electron chi connectivity index (χ0n) is 33.6. The van der Waals surface area contributed by atoms with Gasteiger partial charge in [0.05, 0.1) is 48.8 Å². The molecule has 2 spiro atoms. The number of hydrogen-bond acceptors (Lipinski definition) is 14. The van der Waals surface area contributed by atoms with E-state index in [0.717, 1.165) is 38.5 Å². The first kappa shape index (κ1) is 41.2. The Morgan fingerprint density at radius 3 is 2.07 bits per heavy atom. The van der Waals surface area contributed by atoms with Gasteiger partial charge in [0, 0.05) is 5.92 Å². The van der Waals surface area contributed by atoms with Crippen LogP contribution in [0.15, 0.2) is 0 Å². The minimum Gasteiger partial charge on any atom is -0.394 e. The highest BCUT2D eigenvalue weighted by atomic mass is 16.8. The maximum absolute atomic E-state index is 12.4. The van der Waals surface area contributed by atoms with Gasteiger partial charge < -0.3 is 69.6 Å². The van der Waals surface area contributed by atoms with E-state index in [-0.39, 0.29) is 52.1 Å². The SMILES string of the molecule is CC(C)(O)C1CCC(C)(C2C(O)CC3(C)C4CC(O)C5C(C)(C)C(OC6OC(CO)C(O)C(O)C6OC6OCC(O)C(O)C6O)CCC56CC46CCC23C)O1. The number of hydrogen-bond donors (Lipinski definition) is 9. The quantitative estimate of drug-likeness (QED) is 0.162. The Morgan fingerprint density at radius 1 is 0.709 bits per heavy atom. The third kappa shape index (κ3) is 5.70. The van der Waals surface area contributed by atoms with Crippen molar-refractivity contribution in [3.05, 3.63) is 0 Å². The molecule has 8 rings (SSSR count). The third-order valence-electron chi connectivity index (χ3n) is 17.6. The van der Waals surface area contributed by atoms with Crippen molar-refractivity contribution < 1.29 is 69.6 Å². The molecule has 3 aliphatic heterocycles. The Hall–Kier alpha value is -0.560. The van der Waals surface area contributed by atoms with E-state index in [0.29, 0.717) is 19.3 Å². The summed E-state index contributed by atoms with van der Waals surface area (Å²) in [7, 11) is 0. The molecule has 5 saturated carbocycles. The number of rotatable bonds is 7. The topological polar surface area (TPSA) is 228 Å². The van der Waals surface area contributed by atoms with Crippen LogP contribution in [0.3, 0.4) is 0 Å². The van der Waals surface area contributed by atoms with Crippen LogP contribution in [-0.2, 0) is 23.7 Å². The summed E-state index contributed by atoms with van der Waals surface area (Å²) in [5.74, 6) is -0.0266. The lowest BCUT2D eigenvalue weighted by atomic mass is 9.41. The number of ether oxygens (including phenoxy) is 5. The van der Waals surface area contributed by atoms with Gasteiger partial charge in [0.2, 0.25) is 0 Å². The lowest BCUT2D eigenvalue weighted by Crippen LogP contribution is -2.65. The zero-order chi connectivity index (χ0) is 40.1. The van der Waals surface area contributed by atoms with Gasteiger partial charge in [-0.05, 0) is 117 Å². The molecule has 0 aromatic heterocycles. The van der Waals surface area contributed by atoms with E-state index >= 15 is 0 Å². The largest absolute Gasteiger partial charge is 0.394 e. The Morgan fingerprint density at radius 2 is 1.42 bits per heavy atom. The van der Waals surface area contributed by atoms with E-state index in [9.17, 15) is 46.0 Å². The highest BCUT2D eigenvalue weighted by Gasteiger charge is 2.85. The molecule has 8 aliphatic rings. The molecule has 55 heavy (non-hydrogen) atoms. The van der Waals surface area contributed by atoms with Crippen molar-refractivity contribution in [2.24, 2.45) is 44.8 Å². The van der Waals surface area contributed by atoms with Gasteiger partial charge in [0.25, 0.3) is 0 Å². The summed E-state index contributed by atoms with van der Waals surface area (Å²) in [6.07, 6.45) is -7.91. The van der Waals surface area contributed by atoms with E-state index in [1.807, 2.05) is 0 Å². The molecule has 0 amide bonds. The molecule has 14 nitrogen and oxygen atoms in total. The summed E-state index contributed by atoms with van der Waals surface area (Å²) in [5, 5.41) is 98.1. The fraction of sp³-hybridized carbons (Fsp3) is 1.00. The van der Waals surface area contributed by atoms with E-state index < -0.39 is 96.8 Å². The van der Waals surface area contributed by atoms with Crippen molar-refractivity contribution in [2.45, 2.75) is 197 Å². The molecule has 5 aliphatic carbocycles. The molecule has 9 N–H and O–H groups in total. The van der Waals surface area contributed by atoms with E-state index in [4.69, 9.17) is 23.7 Å². The van der Waals surface area contributed by atoms with Crippen molar-refractivity contribution >= 4 is 0 Å². The monoisotopic (exact) mass is 784 g/mol. The number of aliphatic hydroxyl groups is 9. The van der Waals surface area contributed by atoms with E-state index in [2.05, 4.69) is 34.6 Å². The summed E-state index contributed by atoms with van der Waals surface area (Å²) >= 11 is 0. The predicted octanol–water partition coefficient (Wildman–Crippen LogP) is 0.724. The minimum atomic E-state index is -1.65. The number of aliphatic hydroxyl groups excluding tert-OH is 8. The second-order valence-electron chi connectivity index (χ2n) is 21.1. The molecule has 0 aromatic carbocycles. The van der Waals surface area contributed by atoms with Gasteiger partial charge >= 0.3 is 0 Å². The van der Waals surface area contributed by atoms with Crippen molar-refractivity contribution in [1.82, 2.24) is 0 Å². The molecule has 0 radical (unpaired) electrons. The first-order valence-corrected chi connectivity index (χ1v) is 20.9. The fourth-order valence-electron chi connectivity index (χ4n) is 14.9. The Labute approximate surface area is 324 Å². The third-order valence-corrected chi connectivity index (χ3v) is 17.6. The van der Waals surface area contributed by atoms with Crippen LogP contribution >= 0.6 is 0 Å². The highest BCUT2D eigenvalue weighted by Crippen LogP contribution is 2.89. The zero-order valence-corrected chi connectivity index (χ0v) is 33.6. The van der Waals surface area contributed by atoms with Crippen LogP contribution in [0.4, 0.5) is 0 Å². The fourth-order valence-corrected chi connectivity index (χ4v) is 14.9. The average Bonchev–Trinajstić information content (AvgIpc) is 3.45. The van der Waals surface area contributed by atoms with Crippen molar-refractivity contribution in [3.63, 3.8) is 0 Å². The molecule has 21 atom stereocenters. The average molecular weight is 785 g/mol. The molecular formula is C41H68O14. The first-order valence-electron chi connectivity index (χ1n) is 20.9. The molecule has 8 fully saturated rings. The maximum Gasteiger partial charge on any atom is 0.187 e. The van der Waals surface area contributed by atoms with Crippen molar-refractivity contribution in [2.75, 3.05) is 13.2 Å². The Kier molecular flexibility index (Phi) is 9.90. The smallest absolute Gasteiger partial charge is 0.187 e. The molecule has 3 heterocycles. The molecule has 0 bridgehead atoms. The lowest BCUT2D eigenvalue weighted by molar-refractivity contribution is -0.370. The number of fused-ring (bicyclic) bond motifs is 2. The molecule has 0 aromatic rings. The van der Waals surface area contributed by atoms with E-state index in [1.54, 1.807) is 13.8 Å². The van der Waals surface area contributed by atoms with Crippen LogP contribution in [0.2, 0.25) is 0 Å². The summed E-state index contributed by atoms with van der Waals surface area (Å²) in [6, 6.07) is 0. The van der Waals surface area contributed by atoms with Gasteiger partial charge in [-0.3, -0.25) is 0 Å². The van der Waals surface area contributed by atoms with Gasteiger partial charge in [-0.25, -0.2) is 0 Å².